The van der Waals surface area contributed by atoms with E-state index in [2.05, 4.69) is 9.97 Å². The van der Waals surface area contributed by atoms with Gasteiger partial charge in [-0.15, -0.1) is 0 Å². The van der Waals surface area contributed by atoms with E-state index in [4.69, 9.17) is 14.2 Å². The molecule has 1 amide bonds. The number of carbonyl (C=O) groups excluding carboxylic acids is 1. The third-order valence-electron chi connectivity index (χ3n) is 4.82. The Balaban J connectivity index is 1.77. The molecule has 1 aliphatic heterocycles. The van der Waals surface area contributed by atoms with E-state index in [0.29, 0.717) is 42.8 Å². The number of rotatable bonds is 5. The fraction of sp³-hybridized carbons (Fsp3) is 0.421. The molecule has 1 aliphatic rings. The van der Waals surface area contributed by atoms with Gasteiger partial charge in [0.05, 0.1) is 38.1 Å². The van der Waals surface area contributed by atoms with Crippen molar-refractivity contribution in [2.75, 3.05) is 34.4 Å². The molecule has 0 spiro atoms. The van der Waals surface area contributed by atoms with E-state index < -0.39 is 5.60 Å². The van der Waals surface area contributed by atoms with Gasteiger partial charge < -0.3 is 24.2 Å². The van der Waals surface area contributed by atoms with Crippen molar-refractivity contribution in [2.24, 2.45) is 0 Å². The van der Waals surface area contributed by atoms with Gasteiger partial charge in [0.15, 0.2) is 0 Å². The molecule has 1 aromatic carbocycles. The Labute approximate surface area is 157 Å². The lowest BCUT2D eigenvalue weighted by Gasteiger charge is -2.38. The third-order valence-corrected chi connectivity index (χ3v) is 4.82. The zero-order chi connectivity index (χ0) is 19.4. The zero-order valence-corrected chi connectivity index (χ0v) is 15.6. The molecule has 8 nitrogen and oxygen atoms in total. The smallest absolute Gasteiger partial charge is 0.319 e. The van der Waals surface area contributed by atoms with Gasteiger partial charge in [0.1, 0.15) is 5.75 Å². The van der Waals surface area contributed by atoms with Gasteiger partial charge >= 0.3 is 6.01 Å². The summed E-state index contributed by atoms with van der Waals surface area (Å²) in [7, 11) is 4.48. The Hall–Kier alpha value is -2.87. The van der Waals surface area contributed by atoms with Gasteiger partial charge in [-0.2, -0.15) is 4.98 Å². The number of carbonyl (C=O) groups is 1. The Morgan fingerprint density at radius 1 is 1.11 bits per heavy atom. The van der Waals surface area contributed by atoms with Crippen LogP contribution in [-0.2, 0) is 5.60 Å². The molecular weight excluding hydrogens is 350 g/mol. The topological polar surface area (TPSA) is 94.0 Å². The SMILES string of the molecule is COc1ncc(C2(O)CCN(C(=O)c3ccccc3OC)CC2)c(OC)n1. The molecule has 0 radical (unpaired) electrons. The average Bonchev–Trinajstić information content (AvgIpc) is 2.73. The molecule has 8 heteroatoms. The number of aromatic nitrogens is 2. The summed E-state index contributed by atoms with van der Waals surface area (Å²) < 4.78 is 15.6. The molecule has 1 fully saturated rings. The Kier molecular flexibility index (Phi) is 5.46. The summed E-state index contributed by atoms with van der Waals surface area (Å²) in [5.41, 5.74) is -0.166. The number of hydrogen-bond acceptors (Lipinski definition) is 7. The number of para-hydroxylation sites is 1. The predicted molar refractivity (Wildman–Crippen MR) is 97.2 cm³/mol. The Bertz CT molecular complexity index is 819. The number of likely N-dealkylation sites (tertiary alicyclic amines) is 1. The summed E-state index contributed by atoms with van der Waals surface area (Å²) in [6.07, 6.45) is 2.21. The molecule has 1 N–H and O–H groups in total. The second-order valence-electron chi connectivity index (χ2n) is 6.30. The number of piperidine rings is 1. The highest BCUT2D eigenvalue weighted by molar-refractivity contribution is 5.97. The molecule has 2 aromatic rings. The fourth-order valence-corrected chi connectivity index (χ4v) is 3.26. The maximum atomic E-state index is 12.8. The second-order valence-corrected chi connectivity index (χ2v) is 6.30. The van der Waals surface area contributed by atoms with Crippen molar-refractivity contribution in [3.05, 3.63) is 41.6 Å². The van der Waals surface area contributed by atoms with Crippen molar-refractivity contribution < 1.29 is 24.1 Å². The lowest BCUT2D eigenvalue weighted by molar-refractivity contribution is -0.0234. The van der Waals surface area contributed by atoms with Crippen molar-refractivity contribution in [2.45, 2.75) is 18.4 Å². The summed E-state index contributed by atoms with van der Waals surface area (Å²) in [5, 5.41) is 11.1. The molecule has 1 aromatic heterocycles. The first-order chi connectivity index (χ1) is 13.0. The summed E-state index contributed by atoms with van der Waals surface area (Å²) in [4.78, 5) is 22.8. The van der Waals surface area contributed by atoms with Gasteiger partial charge in [-0.1, -0.05) is 12.1 Å². The minimum atomic E-state index is -1.17. The van der Waals surface area contributed by atoms with Gasteiger partial charge in [-0.05, 0) is 25.0 Å². The minimum Gasteiger partial charge on any atom is -0.496 e. The van der Waals surface area contributed by atoms with Crippen LogP contribution < -0.4 is 14.2 Å². The van der Waals surface area contributed by atoms with Crippen LogP contribution in [0.1, 0.15) is 28.8 Å². The van der Waals surface area contributed by atoms with Crippen molar-refractivity contribution in [1.82, 2.24) is 14.9 Å². The number of amides is 1. The van der Waals surface area contributed by atoms with Crippen LogP contribution in [-0.4, -0.2) is 60.3 Å². The normalized spacial score (nSPS) is 15.9. The highest BCUT2D eigenvalue weighted by atomic mass is 16.5. The quantitative estimate of drug-likeness (QED) is 0.851. The molecule has 0 atom stereocenters. The lowest BCUT2D eigenvalue weighted by atomic mass is 9.85. The van der Waals surface area contributed by atoms with Gasteiger partial charge in [0.25, 0.3) is 5.91 Å². The van der Waals surface area contributed by atoms with Crippen LogP contribution >= 0.6 is 0 Å². The fourth-order valence-electron chi connectivity index (χ4n) is 3.26. The minimum absolute atomic E-state index is 0.118. The highest BCUT2D eigenvalue weighted by Crippen LogP contribution is 2.38. The first-order valence-corrected chi connectivity index (χ1v) is 8.62. The van der Waals surface area contributed by atoms with E-state index in [1.807, 2.05) is 6.07 Å². The lowest BCUT2D eigenvalue weighted by Crippen LogP contribution is -2.45. The number of aliphatic hydroxyl groups is 1. The first-order valence-electron chi connectivity index (χ1n) is 8.62. The van der Waals surface area contributed by atoms with Gasteiger partial charge in [-0.25, -0.2) is 4.98 Å². The van der Waals surface area contributed by atoms with E-state index in [0.717, 1.165) is 0 Å². The number of benzene rings is 1. The van der Waals surface area contributed by atoms with E-state index in [-0.39, 0.29) is 17.8 Å². The van der Waals surface area contributed by atoms with Crippen molar-refractivity contribution in [3.8, 4) is 17.6 Å². The summed E-state index contributed by atoms with van der Waals surface area (Å²) in [5.74, 6) is 0.690. The molecule has 3 rings (SSSR count). The first kappa shape index (κ1) is 18.9. The number of hydrogen-bond donors (Lipinski definition) is 1. The number of ether oxygens (including phenoxy) is 3. The van der Waals surface area contributed by atoms with E-state index in [1.165, 1.54) is 27.5 Å². The van der Waals surface area contributed by atoms with Gasteiger partial charge in [-0.3, -0.25) is 4.79 Å². The van der Waals surface area contributed by atoms with Crippen molar-refractivity contribution in [1.29, 1.82) is 0 Å². The number of methoxy groups -OCH3 is 3. The Morgan fingerprint density at radius 3 is 2.44 bits per heavy atom. The van der Waals surface area contributed by atoms with Crippen LogP contribution in [0.25, 0.3) is 0 Å². The zero-order valence-electron chi connectivity index (χ0n) is 15.6. The monoisotopic (exact) mass is 373 g/mol. The maximum Gasteiger partial charge on any atom is 0.319 e. The molecule has 0 aliphatic carbocycles. The van der Waals surface area contributed by atoms with Crippen LogP contribution in [0.15, 0.2) is 30.5 Å². The van der Waals surface area contributed by atoms with Crippen molar-refractivity contribution in [3.63, 3.8) is 0 Å². The standard InChI is InChI=1S/C19H23N3O5/c1-25-15-7-5-4-6-13(15)17(23)22-10-8-19(24,9-11-22)14-12-20-18(27-3)21-16(14)26-2/h4-7,12,24H,8-11H2,1-3H3. The summed E-state index contributed by atoms with van der Waals surface area (Å²) in [6.45, 7) is 0.783. The largest absolute Gasteiger partial charge is 0.496 e. The maximum absolute atomic E-state index is 12.8. The molecule has 0 saturated carbocycles. The summed E-state index contributed by atoms with van der Waals surface area (Å²) >= 11 is 0. The van der Waals surface area contributed by atoms with Gasteiger partial charge in [0, 0.05) is 19.3 Å². The van der Waals surface area contributed by atoms with Crippen LogP contribution in [0.4, 0.5) is 0 Å². The second kappa shape index (κ2) is 7.79. The molecule has 0 unspecified atom stereocenters. The Morgan fingerprint density at radius 2 is 1.81 bits per heavy atom. The molecule has 144 valence electrons. The average molecular weight is 373 g/mol. The van der Waals surface area contributed by atoms with E-state index >= 15 is 0 Å². The predicted octanol–water partition coefficient (Wildman–Crippen LogP) is 1.63. The van der Waals surface area contributed by atoms with Crippen LogP contribution in [0.2, 0.25) is 0 Å². The van der Waals surface area contributed by atoms with Crippen molar-refractivity contribution >= 4 is 5.91 Å². The molecule has 1 saturated heterocycles. The van der Waals surface area contributed by atoms with Gasteiger partial charge in [0.2, 0.25) is 5.88 Å². The van der Waals surface area contributed by atoms with Crippen LogP contribution in [0, 0.1) is 0 Å². The highest BCUT2D eigenvalue weighted by Gasteiger charge is 2.39. The number of nitrogens with zero attached hydrogens (tertiary/aromatic N) is 3. The van der Waals surface area contributed by atoms with Crippen LogP contribution in [0.5, 0.6) is 17.6 Å². The summed E-state index contributed by atoms with van der Waals surface area (Å²) in [6, 6.07) is 7.29. The molecular formula is C19H23N3O5. The third kappa shape index (κ3) is 3.66. The van der Waals surface area contributed by atoms with E-state index in [9.17, 15) is 9.90 Å². The van der Waals surface area contributed by atoms with E-state index in [1.54, 1.807) is 23.1 Å². The van der Waals surface area contributed by atoms with Crippen LogP contribution in [0.3, 0.4) is 0 Å². The molecule has 27 heavy (non-hydrogen) atoms. The molecule has 2 heterocycles. The molecule has 0 bridgehead atoms.